The first-order valence-electron chi connectivity index (χ1n) is 7.79. The van der Waals surface area contributed by atoms with Crippen LogP contribution in [0.15, 0.2) is 24.3 Å². The zero-order valence-electron chi connectivity index (χ0n) is 13.5. The molecule has 25 heavy (non-hydrogen) atoms. The minimum atomic E-state index is -0.663. The van der Waals surface area contributed by atoms with Crippen molar-refractivity contribution in [1.29, 1.82) is 0 Å². The zero-order chi connectivity index (χ0) is 17.8. The van der Waals surface area contributed by atoms with E-state index in [9.17, 15) is 14.4 Å². The van der Waals surface area contributed by atoms with Gasteiger partial charge in [-0.1, -0.05) is 35.6 Å². The lowest BCUT2D eigenvalue weighted by molar-refractivity contribution is -0.120. The minimum absolute atomic E-state index is 0.102. The van der Waals surface area contributed by atoms with Crippen LogP contribution in [0.25, 0.3) is 0 Å². The molecule has 0 radical (unpaired) electrons. The Morgan fingerprint density at radius 1 is 1.28 bits per heavy atom. The highest BCUT2D eigenvalue weighted by Crippen LogP contribution is 2.20. The van der Waals surface area contributed by atoms with Crippen LogP contribution in [0.4, 0.5) is 9.93 Å². The maximum atomic E-state index is 12.0. The number of aromatic nitrogens is 2. The summed E-state index contributed by atoms with van der Waals surface area (Å²) >= 11 is 1.32. The molecular weight excluding hydrogens is 342 g/mol. The lowest BCUT2D eigenvalue weighted by Crippen LogP contribution is -2.30. The monoisotopic (exact) mass is 359 g/mol. The number of aryl methyl sites for hydroxylation is 1. The smallest absolute Gasteiger partial charge is 0.322 e. The molecule has 1 unspecified atom stereocenters. The Hall–Kier alpha value is -2.81. The summed E-state index contributed by atoms with van der Waals surface area (Å²) in [5, 5.41) is 16.6. The summed E-state index contributed by atoms with van der Waals surface area (Å²) in [6.07, 6.45) is 0.998. The van der Waals surface area contributed by atoms with Gasteiger partial charge in [0.05, 0.1) is 0 Å². The van der Waals surface area contributed by atoms with Gasteiger partial charge in [-0.05, 0) is 24.5 Å². The average molecular weight is 359 g/mol. The second-order valence-corrected chi connectivity index (χ2v) is 6.77. The molecule has 1 fully saturated rings. The molecular formula is C16H17N5O3S. The van der Waals surface area contributed by atoms with E-state index in [1.54, 1.807) is 0 Å². The van der Waals surface area contributed by atoms with E-state index in [1.807, 2.05) is 31.2 Å². The van der Waals surface area contributed by atoms with Gasteiger partial charge in [0.25, 0.3) is 5.91 Å². The average Bonchev–Trinajstić information content (AvgIpc) is 3.13. The Bertz CT molecular complexity index is 820. The molecule has 2 heterocycles. The maximum Gasteiger partial charge on any atom is 0.322 e. The third kappa shape index (κ3) is 4.38. The molecule has 3 rings (SSSR count). The molecule has 0 spiro atoms. The van der Waals surface area contributed by atoms with E-state index in [2.05, 4.69) is 26.1 Å². The molecule has 2 aromatic rings. The predicted molar refractivity (Wildman–Crippen MR) is 92.2 cm³/mol. The fourth-order valence-electron chi connectivity index (χ4n) is 2.47. The number of hydrogen-bond acceptors (Lipinski definition) is 6. The molecule has 1 aliphatic heterocycles. The Labute approximate surface area is 148 Å². The van der Waals surface area contributed by atoms with E-state index in [0.29, 0.717) is 11.6 Å². The first-order chi connectivity index (χ1) is 12.0. The van der Waals surface area contributed by atoms with Crippen LogP contribution in [0.2, 0.25) is 0 Å². The number of carbonyl (C=O) groups is 3. The molecule has 1 atom stereocenters. The van der Waals surface area contributed by atoms with E-state index in [4.69, 9.17) is 0 Å². The van der Waals surface area contributed by atoms with Crippen LogP contribution < -0.4 is 16.0 Å². The number of urea groups is 1. The molecule has 130 valence electrons. The molecule has 9 heteroatoms. The summed E-state index contributed by atoms with van der Waals surface area (Å²) in [6.45, 7) is 2.04. The van der Waals surface area contributed by atoms with E-state index >= 15 is 0 Å². The number of rotatable bonds is 6. The highest BCUT2D eigenvalue weighted by atomic mass is 32.1. The topological polar surface area (TPSA) is 113 Å². The fraction of sp³-hybridized carbons (Fsp3) is 0.312. The van der Waals surface area contributed by atoms with Gasteiger partial charge < -0.3 is 10.6 Å². The molecule has 8 nitrogen and oxygen atoms in total. The van der Waals surface area contributed by atoms with Crippen molar-refractivity contribution in [2.45, 2.75) is 32.2 Å². The largest absolute Gasteiger partial charge is 0.326 e. The summed E-state index contributed by atoms with van der Waals surface area (Å²) in [5.74, 6) is -0.679. The first kappa shape index (κ1) is 17.0. The Kier molecular flexibility index (Phi) is 5.03. The summed E-state index contributed by atoms with van der Waals surface area (Å²) in [6, 6.07) is 6.85. The molecule has 4 amide bonds. The molecule has 0 aliphatic carbocycles. The van der Waals surface area contributed by atoms with Crippen molar-refractivity contribution in [1.82, 2.24) is 20.8 Å². The number of benzene rings is 1. The van der Waals surface area contributed by atoms with Crippen LogP contribution in [0.5, 0.6) is 0 Å². The van der Waals surface area contributed by atoms with Crippen LogP contribution >= 0.6 is 11.3 Å². The summed E-state index contributed by atoms with van der Waals surface area (Å²) in [5.41, 5.74) is 2.35. The summed E-state index contributed by atoms with van der Waals surface area (Å²) in [7, 11) is 0. The van der Waals surface area contributed by atoms with Crippen molar-refractivity contribution in [2.75, 3.05) is 5.32 Å². The van der Waals surface area contributed by atoms with Crippen molar-refractivity contribution in [3.8, 4) is 0 Å². The summed E-state index contributed by atoms with van der Waals surface area (Å²) in [4.78, 5) is 34.4. The SMILES string of the molecule is Cc1ccccc1Cc1nnc(NC(=O)CCC2NC(=O)NC2=O)s1. The highest BCUT2D eigenvalue weighted by Gasteiger charge is 2.29. The van der Waals surface area contributed by atoms with Gasteiger partial charge in [-0.3, -0.25) is 14.9 Å². The van der Waals surface area contributed by atoms with Crippen molar-refractivity contribution in [3.05, 3.63) is 40.4 Å². The highest BCUT2D eigenvalue weighted by molar-refractivity contribution is 7.15. The van der Waals surface area contributed by atoms with Crippen molar-refractivity contribution in [2.24, 2.45) is 0 Å². The van der Waals surface area contributed by atoms with Crippen molar-refractivity contribution < 1.29 is 14.4 Å². The van der Waals surface area contributed by atoms with Gasteiger partial charge in [0, 0.05) is 12.8 Å². The van der Waals surface area contributed by atoms with Gasteiger partial charge >= 0.3 is 6.03 Å². The zero-order valence-corrected chi connectivity index (χ0v) is 14.4. The van der Waals surface area contributed by atoms with E-state index in [-0.39, 0.29) is 18.7 Å². The van der Waals surface area contributed by atoms with Gasteiger partial charge in [-0.2, -0.15) is 0 Å². The summed E-state index contributed by atoms with van der Waals surface area (Å²) < 4.78 is 0. The molecule has 1 aromatic carbocycles. The Balaban J connectivity index is 1.51. The standard InChI is InChI=1S/C16H17N5O3S/c1-9-4-2-3-5-10(9)8-13-20-21-16(25-13)18-12(22)7-6-11-14(23)19-15(24)17-11/h2-5,11H,6-8H2,1H3,(H,18,21,22)(H2,17,19,23,24). The molecule has 0 bridgehead atoms. The first-order valence-corrected chi connectivity index (χ1v) is 8.61. The van der Waals surface area contributed by atoms with Crippen LogP contribution in [0.1, 0.15) is 29.0 Å². The van der Waals surface area contributed by atoms with Crippen LogP contribution in [-0.2, 0) is 16.0 Å². The van der Waals surface area contributed by atoms with Gasteiger partial charge in [-0.25, -0.2) is 4.79 Å². The molecule has 0 saturated carbocycles. The second kappa shape index (κ2) is 7.39. The van der Waals surface area contributed by atoms with Crippen LogP contribution in [0.3, 0.4) is 0 Å². The number of imide groups is 1. The number of nitrogens with one attached hydrogen (secondary N) is 3. The van der Waals surface area contributed by atoms with Gasteiger partial charge in [0.15, 0.2) is 0 Å². The van der Waals surface area contributed by atoms with E-state index < -0.39 is 18.0 Å². The number of hydrogen-bond donors (Lipinski definition) is 3. The normalized spacial score (nSPS) is 16.4. The van der Waals surface area contributed by atoms with Gasteiger partial charge in [0.1, 0.15) is 11.0 Å². The number of carbonyl (C=O) groups excluding carboxylic acids is 3. The molecule has 1 aromatic heterocycles. The van der Waals surface area contributed by atoms with Gasteiger partial charge in [0.2, 0.25) is 11.0 Å². The lowest BCUT2D eigenvalue weighted by Gasteiger charge is -2.06. The van der Waals surface area contributed by atoms with Crippen LogP contribution in [0, 0.1) is 6.92 Å². The molecule has 1 aliphatic rings. The minimum Gasteiger partial charge on any atom is -0.326 e. The molecule has 3 N–H and O–H groups in total. The Morgan fingerprint density at radius 3 is 2.80 bits per heavy atom. The second-order valence-electron chi connectivity index (χ2n) is 5.71. The number of anilines is 1. The van der Waals surface area contributed by atoms with Crippen LogP contribution in [-0.4, -0.2) is 34.1 Å². The van der Waals surface area contributed by atoms with Crippen molar-refractivity contribution in [3.63, 3.8) is 0 Å². The Morgan fingerprint density at radius 2 is 2.08 bits per heavy atom. The maximum absolute atomic E-state index is 12.0. The van der Waals surface area contributed by atoms with E-state index in [1.165, 1.54) is 22.5 Å². The molecule has 1 saturated heterocycles. The third-order valence-electron chi connectivity index (χ3n) is 3.83. The fourth-order valence-corrected chi connectivity index (χ4v) is 3.25. The predicted octanol–water partition coefficient (Wildman–Crippen LogP) is 1.36. The third-order valence-corrected chi connectivity index (χ3v) is 4.67. The number of nitrogens with zero attached hydrogens (tertiary/aromatic N) is 2. The quantitative estimate of drug-likeness (QED) is 0.674. The number of amides is 4. The van der Waals surface area contributed by atoms with E-state index in [0.717, 1.165) is 5.01 Å². The van der Waals surface area contributed by atoms with Crippen molar-refractivity contribution >= 4 is 34.3 Å². The van der Waals surface area contributed by atoms with Gasteiger partial charge in [-0.15, -0.1) is 10.2 Å². The lowest BCUT2D eigenvalue weighted by atomic mass is 10.1.